The van der Waals surface area contributed by atoms with Crippen molar-refractivity contribution >= 4 is 62.3 Å². The van der Waals surface area contributed by atoms with Crippen LogP contribution in [0.15, 0.2) is 0 Å². The number of aliphatic carboxylic acids is 2. The predicted octanol–water partition coefficient (Wildman–Crippen LogP) is 10.8. The molecular formula is C36H76MgO4Pb. The van der Waals surface area contributed by atoms with E-state index in [1.54, 1.807) is 0 Å². The molecule has 0 aliphatic heterocycles. The number of unbranched alkanes of at least 4 members (excludes halogenated alkanes) is 28. The van der Waals surface area contributed by atoms with Crippen molar-refractivity contribution in [3.05, 3.63) is 0 Å². The van der Waals surface area contributed by atoms with Crippen LogP contribution < -0.4 is 0 Å². The van der Waals surface area contributed by atoms with Crippen molar-refractivity contribution in [3.8, 4) is 0 Å². The third kappa shape index (κ3) is 53.2. The van der Waals surface area contributed by atoms with Gasteiger partial charge >= 0.3 is 62.3 Å². The van der Waals surface area contributed by atoms with Gasteiger partial charge in [-0.3, -0.25) is 9.59 Å². The standard InChI is InChI=1S/2C18H36O2.Mg.Pb.4H/c2*1-2-3-4-5-6-7-8-9-10-11-12-13-14-15-16-17-18(19)20;;;;;;/h2*2-17H2,1H3,(H,19,20);;;;;;. The summed E-state index contributed by atoms with van der Waals surface area (Å²) in [7, 11) is 0. The normalized spacial score (nSPS) is 10.3. The van der Waals surface area contributed by atoms with E-state index < -0.39 is 11.9 Å². The van der Waals surface area contributed by atoms with Crippen LogP contribution in [-0.4, -0.2) is 72.5 Å². The quantitative estimate of drug-likeness (QED) is 0.0525. The van der Waals surface area contributed by atoms with Gasteiger partial charge in [0.15, 0.2) is 0 Å². The van der Waals surface area contributed by atoms with Crippen LogP contribution in [0.1, 0.15) is 219 Å². The van der Waals surface area contributed by atoms with Crippen LogP contribution in [-0.2, 0) is 9.59 Å². The van der Waals surface area contributed by atoms with Crippen LogP contribution in [0, 0.1) is 0 Å². The van der Waals surface area contributed by atoms with Crippen molar-refractivity contribution in [2.75, 3.05) is 0 Å². The van der Waals surface area contributed by atoms with E-state index in [4.69, 9.17) is 10.2 Å². The Kier molecular flexibility index (Phi) is 54.3. The van der Waals surface area contributed by atoms with Crippen LogP contribution in [0.5, 0.6) is 0 Å². The third-order valence-corrected chi connectivity index (χ3v) is 7.99. The van der Waals surface area contributed by atoms with E-state index in [-0.39, 0.29) is 50.4 Å². The molecule has 0 amide bonds. The van der Waals surface area contributed by atoms with Gasteiger partial charge in [-0.1, -0.05) is 194 Å². The average molecular weight is 805 g/mol. The second-order valence-electron chi connectivity index (χ2n) is 12.2. The Bertz CT molecular complexity index is 461. The van der Waals surface area contributed by atoms with Crippen molar-refractivity contribution in [1.82, 2.24) is 0 Å². The maximum absolute atomic E-state index is 10.3. The van der Waals surface area contributed by atoms with Crippen molar-refractivity contribution in [2.24, 2.45) is 0 Å². The number of carbonyl (C=O) groups is 2. The molecule has 42 heavy (non-hydrogen) atoms. The van der Waals surface area contributed by atoms with Gasteiger partial charge < -0.3 is 10.2 Å². The van der Waals surface area contributed by atoms with Crippen LogP contribution in [0.4, 0.5) is 0 Å². The van der Waals surface area contributed by atoms with Crippen molar-refractivity contribution in [3.63, 3.8) is 0 Å². The first-order chi connectivity index (χ1) is 19.5. The van der Waals surface area contributed by atoms with E-state index in [1.807, 2.05) is 0 Å². The molecule has 0 aromatic heterocycles. The zero-order valence-electron chi connectivity index (χ0n) is 28.0. The fraction of sp³-hybridized carbons (Fsp3) is 0.944. The van der Waals surface area contributed by atoms with E-state index in [0.29, 0.717) is 12.8 Å². The summed E-state index contributed by atoms with van der Waals surface area (Å²) in [6, 6.07) is 0. The maximum atomic E-state index is 10.3. The minimum atomic E-state index is -0.653. The fourth-order valence-electron chi connectivity index (χ4n) is 5.30. The van der Waals surface area contributed by atoms with Gasteiger partial charge in [0.2, 0.25) is 0 Å². The number of carboxylic acids is 2. The summed E-state index contributed by atoms with van der Waals surface area (Å²) in [4.78, 5) is 20.7. The first-order valence-corrected chi connectivity index (χ1v) is 18.0. The summed E-state index contributed by atoms with van der Waals surface area (Å²) < 4.78 is 0. The van der Waals surface area contributed by atoms with Gasteiger partial charge in [-0.15, -0.1) is 0 Å². The van der Waals surface area contributed by atoms with E-state index in [2.05, 4.69) is 13.8 Å². The Hall–Kier alpha value is 0.628. The Morgan fingerprint density at radius 2 is 0.476 bits per heavy atom. The zero-order chi connectivity index (χ0) is 29.8. The van der Waals surface area contributed by atoms with E-state index in [0.717, 1.165) is 25.7 Å². The van der Waals surface area contributed by atoms with Gasteiger partial charge in [0.25, 0.3) is 0 Å². The molecule has 0 heterocycles. The second-order valence-corrected chi connectivity index (χ2v) is 12.2. The molecule has 0 aliphatic carbocycles. The van der Waals surface area contributed by atoms with Crippen LogP contribution >= 0.6 is 0 Å². The van der Waals surface area contributed by atoms with Crippen LogP contribution in [0.2, 0.25) is 0 Å². The van der Waals surface area contributed by atoms with Crippen molar-refractivity contribution < 1.29 is 19.8 Å². The van der Waals surface area contributed by atoms with Gasteiger partial charge in [-0.25, -0.2) is 0 Å². The Morgan fingerprint density at radius 3 is 0.619 bits per heavy atom. The molecule has 250 valence electrons. The molecule has 0 saturated heterocycles. The Morgan fingerprint density at radius 1 is 0.333 bits per heavy atom. The number of carboxylic acid groups (broad SMARTS) is 2. The molecule has 0 aliphatic rings. The number of hydrogen-bond acceptors (Lipinski definition) is 2. The van der Waals surface area contributed by atoms with Gasteiger partial charge in [-0.05, 0) is 12.8 Å². The molecule has 0 bridgehead atoms. The van der Waals surface area contributed by atoms with E-state index in [9.17, 15) is 9.59 Å². The molecule has 0 aromatic rings. The summed E-state index contributed by atoms with van der Waals surface area (Å²) in [5.74, 6) is -1.31. The Labute approximate surface area is 299 Å². The SMILES string of the molecule is CCCCCCCCCCCCCCCCCC(=O)O.CCCCCCCCCCCCCCCCCC(=O)O.[MgH2].[PbH2]. The van der Waals surface area contributed by atoms with E-state index in [1.165, 1.54) is 167 Å². The summed E-state index contributed by atoms with van der Waals surface area (Å²) in [5, 5.41) is 17.0. The zero-order valence-corrected chi connectivity index (χ0v) is 33.5. The molecule has 0 unspecified atom stereocenters. The average Bonchev–Trinajstić information content (AvgIpc) is 2.93. The van der Waals surface area contributed by atoms with Crippen LogP contribution in [0.3, 0.4) is 0 Å². The Balaban J connectivity index is -0.000000328. The number of hydrogen-bond donors (Lipinski definition) is 2. The summed E-state index contributed by atoms with van der Waals surface area (Å²) in [6.07, 6.45) is 40.4. The molecule has 0 saturated carbocycles. The molecule has 0 rings (SSSR count). The molecular weight excluding hydrogens is 728 g/mol. The monoisotopic (exact) mass is 805 g/mol. The van der Waals surface area contributed by atoms with Gasteiger partial charge in [0.05, 0.1) is 0 Å². The second kappa shape index (κ2) is 46.1. The van der Waals surface area contributed by atoms with Crippen molar-refractivity contribution in [1.29, 1.82) is 0 Å². The summed E-state index contributed by atoms with van der Waals surface area (Å²) in [6.45, 7) is 4.54. The molecule has 6 heteroatoms. The molecule has 0 aromatic carbocycles. The molecule has 0 spiro atoms. The minimum absolute atomic E-state index is 0. The third-order valence-electron chi connectivity index (χ3n) is 7.99. The molecule has 2 N–H and O–H groups in total. The topological polar surface area (TPSA) is 74.6 Å². The van der Waals surface area contributed by atoms with Crippen LogP contribution in [0.25, 0.3) is 0 Å². The molecule has 0 fully saturated rings. The van der Waals surface area contributed by atoms with Gasteiger partial charge in [0, 0.05) is 12.8 Å². The predicted molar refractivity (Wildman–Crippen MR) is 191 cm³/mol. The molecule has 4 nitrogen and oxygen atoms in total. The molecule has 2 radical (unpaired) electrons. The van der Waals surface area contributed by atoms with E-state index >= 15 is 0 Å². The summed E-state index contributed by atoms with van der Waals surface area (Å²) in [5.41, 5.74) is 0. The van der Waals surface area contributed by atoms with Crippen molar-refractivity contribution in [2.45, 2.75) is 219 Å². The first kappa shape index (κ1) is 49.5. The summed E-state index contributed by atoms with van der Waals surface area (Å²) >= 11 is 0. The first-order valence-electron chi connectivity index (χ1n) is 18.0. The van der Waals surface area contributed by atoms with Gasteiger partial charge in [0.1, 0.15) is 0 Å². The molecule has 0 atom stereocenters. The number of rotatable bonds is 32. The van der Waals surface area contributed by atoms with Gasteiger partial charge in [-0.2, -0.15) is 0 Å². The fourth-order valence-corrected chi connectivity index (χ4v) is 5.30.